The van der Waals surface area contributed by atoms with Gasteiger partial charge < -0.3 is 14.6 Å². The number of para-hydroxylation sites is 2. The highest BCUT2D eigenvalue weighted by molar-refractivity contribution is 7.07. The average molecular weight is 392 g/mol. The Kier molecular flexibility index (Phi) is 5.08. The highest BCUT2D eigenvalue weighted by Crippen LogP contribution is 2.25. The number of hydrogen-bond acceptors (Lipinski definition) is 5. The minimum absolute atomic E-state index is 0.0799. The van der Waals surface area contributed by atoms with Crippen LogP contribution in [0.5, 0.6) is 5.75 Å². The van der Waals surface area contributed by atoms with Gasteiger partial charge in [0.1, 0.15) is 10.6 Å². The van der Waals surface area contributed by atoms with Crippen molar-refractivity contribution in [3.63, 3.8) is 0 Å². The number of carbonyl (C=O) groups is 1. The van der Waals surface area contributed by atoms with Crippen LogP contribution in [0.25, 0.3) is 10.9 Å². The van der Waals surface area contributed by atoms with Crippen molar-refractivity contribution in [2.75, 3.05) is 7.11 Å². The molecule has 142 valence electrons. The maximum atomic E-state index is 13.3. The van der Waals surface area contributed by atoms with Crippen LogP contribution >= 0.6 is 11.5 Å². The van der Waals surface area contributed by atoms with Crippen molar-refractivity contribution in [2.24, 2.45) is 0 Å². The molecule has 0 fully saturated rings. The van der Waals surface area contributed by atoms with Crippen molar-refractivity contribution in [3.05, 3.63) is 76.4 Å². The van der Waals surface area contributed by atoms with Crippen LogP contribution in [-0.4, -0.2) is 32.5 Å². The first kappa shape index (κ1) is 18.2. The molecule has 1 N–H and O–H groups in total. The number of aromatic amines is 1. The fourth-order valence-corrected chi connectivity index (χ4v) is 3.90. The molecule has 0 radical (unpaired) electrons. The van der Waals surface area contributed by atoms with Crippen LogP contribution in [0.2, 0.25) is 0 Å². The standard InChI is InChI=1S/C21H20N4O2S/c1-14-20(28-24-23-14)21(26)25(12-15-7-3-6-10-19(15)27-2)13-16-11-22-18-9-5-4-8-17(16)18/h3-11,22H,12-13H2,1-2H3. The number of amides is 1. The lowest BCUT2D eigenvalue weighted by atomic mass is 10.1. The molecule has 0 bridgehead atoms. The van der Waals surface area contributed by atoms with Crippen molar-refractivity contribution in [1.82, 2.24) is 19.5 Å². The summed E-state index contributed by atoms with van der Waals surface area (Å²) in [5, 5.41) is 5.11. The molecule has 0 aliphatic rings. The van der Waals surface area contributed by atoms with Crippen LogP contribution in [0.3, 0.4) is 0 Å². The quantitative estimate of drug-likeness (QED) is 0.534. The van der Waals surface area contributed by atoms with Gasteiger partial charge in [-0.15, -0.1) is 5.10 Å². The van der Waals surface area contributed by atoms with Gasteiger partial charge in [-0.1, -0.05) is 40.9 Å². The van der Waals surface area contributed by atoms with Gasteiger partial charge in [-0.2, -0.15) is 0 Å². The van der Waals surface area contributed by atoms with E-state index in [0.29, 0.717) is 23.7 Å². The van der Waals surface area contributed by atoms with Crippen molar-refractivity contribution >= 4 is 28.3 Å². The monoisotopic (exact) mass is 392 g/mol. The Hall–Kier alpha value is -3.19. The Morgan fingerprint density at radius 1 is 1.11 bits per heavy atom. The molecule has 0 aliphatic heterocycles. The van der Waals surface area contributed by atoms with Crippen molar-refractivity contribution in [3.8, 4) is 5.75 Å². The van der Waals surface area contributed by atoms with Gasteiger partial charge in [-0.05, 0) is 36.2 Å². The summed E-state index contributed by atoms with van der Waals surface area (Å²) >= 11 is 1.13. The summed E-state index contributed by atoms with van der Waals surface area (Å²) in [4.78, 5) is 19.0. The summed E-state index contributed by atoms with van der Waals surface area (Å²) < 4.78 is 9.41. The van der Waals surface area contributed by atoms with Crippen LogP contribution in [-0.2, 0) is 13.1 Å². The number of methoxy groups -OCH3 is 1. The third kappa shape index (κ3) is 3.48. The molecule has 1 amide bonds. The molecule has 6 nitrogen and oxygen atoms in total. The summed E-state index contributed by atoms with van der Waals surface area (Å²) in [5.41, 5.74) is 3.72. The lowest BCUT2D eigenvalue weighted by Gasteiger charge is -2.23. The Labute approximate surface area is 166 Å². The van der Waals surface area contributed by atoms with Gasteiger partial charge in [0, 0.05) is 29.2 Å². The second kappa shape index (κ2) is 7.82. The van der Waals surface area contributed by atoms with Gasteiger partial charge in [0.25, 0.3) is 5.91 Å². The minimum atomic E-state index is -0.0799. The van der Waals surface area contributed by atoms with Crippen LogP contribution in [0.1, 0.15) is 26.5 Å². The molecule has 0 saturated heterocycles. The molecule has 0 unspecified atom stereocenters. The second-order valence-electron chi connectivity index (χ2n) is 6.52. The van der Waals surface area contributed by atoms with E-state index in [1.54, 1.807) is 7.11 Å². The van der Waals surface area contributed by atoms with Gasteiger partial charge in [-0.25, -0.2) is 0 Å². The zero-order valence-corrected chi connectivity index (χ0v) is 16.5. The highest BCUT2D eigenvalue weighted by atomic mass is 32.1. The maximum absolute atomic E-state index is 13.3. The van der Waals surface area contributed by atoms with Crippen molar-refractivity contribution < 1.29 is 9.53 Å². The van der Waals surface area contributed by atoms with E-state index in [1.807, 2.05) is 60.5 Å². The minimum Gasteiger partial charge on any atom is -0.496 e. The number of nitrogens with one attached hydrogen (secondary N) is 1. The van der Waals surface area contributed by atoms with Crippen molar-refractivity contribution in [1.29, 1.82) is 0 Å². The maximum Gasteiger partial charge on any atom is 0.268 e. The Morgan fingerprint density at radius 3 is 2.64 bits per heavy atom. The fourth-order valence-electron chi connectivity index (χ4n) is 3.28. The predicted molar refractivity (Wildman–Crippen MR) is 110 cm³/mol. The van der Waals surface area contributed by atoms with E-state index >= 15 is 0 Å². The summed E-state index contributed by atoms with van der Waals surface area (Å²) in [7, 11) is 1.64. The molecule has 2 heterocycles. The first-order chi connectivity index (χ1) is 13.7. The van der Waals surface area contributed by atoms with E-state index in [1.165, 1.54) is 0 Å². The molecule has 4 aromatic rings. The summed E-state index contributed by atoms with van der Waals surface area (Å²) in [6, 6.07) is 15.8. The van der Waals surface area contributed by atoms with Crippen molar-refractivity contribution in [2.45, 2.75) is 20.0 Å². The Balaban J connectivity index is 1.70. The van der Waals surface area contributed by atoms with E-state index in [2.05, 4.69) is 20.6 Å². The molecule has 2 aromatic heterocycles. The van der Waals surface area contributed by atoms with Crippen LogP contribution in [0.15, 0.2) is 54.7 Å². The number of hydrogen-bond donors (Lipinski definition) is 1. The number of ether oxygens (including phenoxy) is 1. The number of benzene rings is 2. The third-order valence-corrected chi connectivity index (χ3v) is 5.54. The van der Waals surface area contributed by atoms with Gasteiger partial charge in [0.15, 0.2) is 0 Å². The topological polar surface area (TPSA) is 71.1 Å². The number of aryl methyl sites for hydroxylation is 1. The average Bonchev–Trinajstić information content (AvgIpc) is 3.33. The van der Waals surface area contributed by atoms with Crippen LogP contribution < -0.4 is 4.74 Å². The molecular formula is C21H20N4O2S. The van der Waals surface area contributed by atoms with Gasteiger partial charge >= 0.3 is 0 Å². The van der Waals surface area contributed by atoms with E-state index in [9.17, 15) is 4.79 Å². The first-order valence-electron chi connectivity index (χ1n) is 8.92. The first-order valence-corrected chi connectivity index (χ1v) is 9.70. The fraction of sp³-hybridized carbons (Fsp3) is 0.190. The largest absolute Gasteiger partial charge is 0.496 e. The molecular weight excluding hydrogens is 372 g/mol. The van der Waals surface area contributed by atoms with E-state index in [4.69, 9.17) is 4.74 Å². The number of aromatic nitrogens is 3. The van der Waals surface area contributed by atoms with E-state index in [0.717, 1.165) is 39.3 Å². The Morgan fingerprint density at radius 2 is 1.86 bits per heavy atom. The third-order valence-electron chi connectivity index (χ3n) is 4.72. The highest BCUT2D eigenvalue weighted by Gasteiger charge is 2.23. The number of fused-ring (bicyclic) bond motifs is 1. The molecule has 4 rings (SSSR count). The predicted octanol–water partition coefficient (Wildman–Crippen LogP) is 4.18. The smallest absolute Gasteiger partial charge is 0.268 e. The number of rotatable bonds is 6. The molecule has 0 atom stereocenters. The van der Waals surface area contributed by atoms with Gasteiger partial charge in [0.2, 0.25) is 0 Å². The molecule has 2 aromatic carbocycles. The summed E-state index contributed by atoms with van der Waals surface area (Å²) in [6.45, 7) is 2.71. The second-order valence-corrected chi connectivity index (χ2v) is 7.27. The normalized spacial score (nSPS) is 10.9. The van der Waals surface area contributed by atoms with Crippen LogP contribution in [0.4, 0.5) is 0 Å². The molecule has 0 saturated carbocycles. The van der Waals surface area contributed by atoms with E-state index in [-0.39, 0.29) is 5.91 Å². The molecule has 28 heavy (non-hydrogen) atoms. The van der Waals surface area contributed by atoms with Gasteiger partial charge in [0.05, 0.1) is 19.3 Å². The summed E-state index contributed by atoms with van der Waals surface area (Å²) in [6.07, 6.45) is 1.96. The van der Waals surface area contributed by atoms with E-state index < -0.39 is 0 Å². The SMILES string of the molecule is COc1ccccc1CN(Cc1c[nH]c2ccccc12)C(=O)c1snnc1C. The Bertz CT molecular complexity index is 1120. The van der Waals surface area contributed by atoms with Gasteiger partial charge in [-0.3, -0.25) is 4.79 Å². The zero-order valence-electron chi connectivity index (χ0n) is 15.7. The zero-order chi connectivity index (χ0) is 19.5. The summed E-state index contributed by atoms with van der Waals surface area (Å²) in [5.74, 6) is 0.682. The lowest BCUT2D eigenvalue weighted by Crippen LogP contribution is -2.30. The van der Waals surface area contributed by atoms with Crippen LogP contribution in [0, 0.1) is 6.92 Å². The number of H-pyrrole nitrogens is 1. The molecule has 0 aliphatic carbocycles. The molecule has 7 heteroatoms. The molecule has 0 spiro atoms. The number of nitrogens with zero attached hydrogens (tertiary/aromatic N) is 3. The number of carbonyl (C=O) groups excluding carboxylic acids is 1. The lowest BCUT2D eigenvalue weighted by molar-refractivity contribution is 0.0733.